The molecule has 0 unspecified atom stereocenters. The lowest BCUT2D eigenvalue weighted by Gasteiger charge is -2.33. The van der Waals surface area contributed by atoms with E-state index in [1.165, 1.54) is 0 Å². The summed E-state index contributed by atoms with van der Waals surface area (Å²) in [6.45, 7) is 3.88. The highest BCUT2D eigenvalue weighted by Crippen LogP contribution is 2.24. The van der Waals surface area contributed by atoms with Crippen LogP contribution in [0.2, 0.25) is 0 Å². The number of amides is 2. The normalized spacial score (nSPS) is 17.5. The number of hydrogen-bond acceptors (Lipinski definition) is 5. The molecule has 0 aliphatic carbocycles. The largest absolute Gasteiger partial charge is 0.340 e. The smallest absolute Gasteiger partial charge is 0.251 e. The van der Waals surface area contributed by atoms with Gasteiger partial charge in [0.25, 0.3) is 5.91 Å². The summed E-state index contributed by atoms with van der Waals surface area (Å²) in [6, 6.07) is 18.2. The number of carbonyl (C=O) groups is 2. The third kappa shape index (κ3) is 6.42. The molecule has 174 valence electrons. The molecule has 33 heavy (non-hydrogen) atoms. The van der Waals surface area contributed by atoms with E-state index in [4.69, 9.17) is 0 Å². The first-order valence-electron chi connectivity index (χ1n) is 11.0. The van der Waals surface area contributed by atoms with Gasteiger partial charge in [-0.25, -0.2) is 8.42 Å². The summed E-state index contributed by atoms with van der Waals surface area (Å²) in [5, 5.41) is 15.2. The van der Waals surface area contributed by atoms with E-state index in [-0.39, 0.29) is 36.2 Å². The van der Waals surface area contributed by atoms with Gasteiger partial charge in [-0.3, -0.25) is 9.59 Å². The zero-order chi connectivity index (χ0) is 24.1. The maximum Gasteiger partial charge on any atom is 0.251 e. The standard InChI is InChI=1S/C25H29N3O4S/c1-18(2)16-22(24(30)28-25(17-26)12-14-33(31,32)15-13-25)27-23(29)21-10-8-20(9-11-21)19-6-4-3-5-7-19/h3-11,18,22H,12-16H2,1-2H3,(H,27,29)(H,28,30)/t22-/m0/s1. The van der Waals surface area contributed by atoms with Crippen LogP contribution >= 0.6 is 0 Å². The first kappa shape index (κ1) is 24.5. The Kier molecular flexibility index (Phi) is 7.54. The van der Waals surface area contributed by atoms with Crippen molar-refractivity contribution in [2.24, 2.45) is 5.92 Å². The van der Waals surface area contributed by atoms with Gasteiger partial charge in [-0.1, -0.05) is 56.3 Å². The van der Waals surface area contributed by atoms with Crippen LogP contribution in [0.15, 0.2) is 54.6 Å². The summed E-state index contributed by atoms with van der Waals surface area (Å²) in [6.07, 6.45) is 0.473. The van der Waals surface area contributed by atoms with Gasteiger partial charge in [0.2, 0.25) is 5.91 Å². The maximum absolute atomic E-state index is 13.1. The van der Waals surface area contributed by atoms with Crippen molar-refractivity contribution in [3.63, 3.8) is 0 Å². The van der Waals surface area contributed by atoms with Gasteiger partial charge in [0.05, 0.1) is 17.6 Å². The third-order valence-electron chi connectivity index (χ3n) is 5.84. The molecule has 8 heteroatoms. The van der Waals surface area contributed by atoms with Crippen LogP contribution in [0.25, 0.3) is 11.1 Å². The summed E-state index contributed by atoms with van der Waals surface area (Å²) in [5.74, 6) is -1.02. The molecule has 1 fully saturated rings. The molecule has 7 nitrogen and oxygen atoms in total. The Hall–Kier alpha value is -3.18. The Balaban J connectivity index is 1.71. The van der Waals surface area contributed by atoms with Crippen molar-refractivity contribution in [3.8, 4) is 17.2 Å². The molecule has 1 aliphatic rings. The van der Waals surface area contributed by atoms with Gasteiger partial charge in [-0.05, 0) is 48.4 Å². The quantitative estimate of drug-likeness (QED) is 0.649. The lowest BCUT2D eigenvalue weighted by Crippen LogP contribution is -2.57. The van der Waals surface area contributed by atoms with E-state index in [2.05, 4.69) is 16.7 Å². The minimum atomic E-state index is -3.19. The van der Waals surface area contributed by atoms with Crippen LogP contribution in [0.3, 0.4) is 0 Å². The van der Waals surface area contributed by atoms with E-state index in [0.29, 0.717) is 12.0 Å². The first-order chi connectivity index (χ1) is 15.6. The van der Waals surface area contributed by atoms with Crippen molar-refractivity contribution in [1.82, 2.24) is 10.6 Å². The molecular formula is C25H29N3O4S. The molecule has 2 aromatic carbocycles. The second-order valence-corrected chi connectivity index (χ2v) is 11.2. The van der Waals surface area contributed by atoms with E-state index in [1.54, 1.807) is 12.1 Å². The SMILES string of the molecule is CC(C)C[C@H](NC(=O)c1ccc(-c2ccccc2)cc1)C(=O)NC1(C#N)CCS(=O)(=O)CC1. The second-order valence-electron chi connectivity index (χ2n) is 8.93. The van der Waals surface area contributed by atoms with Crippen molar-refractivity contribution in [2.45, 2.75) is 44.7 Å². The molecule has 1 aliphatic heterocycles. The van der Waals surface area contributed by atoms with Crippen LogP contribution in [0.5, 0.6) is 0 Å². The predicted molar refractivity (Wildman–Crippen MR) is 127 cm³/mol. The molecule has 1 saturated heterocycles. The van der Waals surface area contributed by atoms with Crippen molar-refractivity contribution in [3.05, 3.63) is 60.2 Å². The second kappa shape index (κ2) is 10.2. The number of benzene rings is 2. The number of rotatable bonds is 7. The molecule has 1 heterocycles. The monoisotopic (exact) mass is 467 g/mol. The van der Waals surface area contributed by atoms with E-state index in [9.17, 15) is 23.3 Å². The summed E-state index contributed by atoms with van der Waals surface area (Å²) in [4.78, 5) is 25.9. The van der Waals surface area contributed by atoms with Crippen molar-refractivity contribution < 1.29 is 18.0 Å². The highest BCUT2D eigenvalue weighted by atomic mass is 32.2. The zero-order valence-electron chi connectivity index (χ0n) is 18.9. The number of carbonyl (C=O) groups excluding carboxylic acids is 2. The van der Waals surface area contributed by atoms with Crippen molar-refractivity contribution >= 4 is 21.7 Å². The molecule has 2 aromatic rings. The summed E-state index contributed by atoms with van der Waals surface area (Å²) >= 11 is 0. The highest BCUT2D eigenvalue weighted by molar-refractivity contribution is 7.91. The summed E-state index contributed by atoms with van der Waals surface area (Å²) < 4.78 is 23.5. The summed E-state index contributed by atoms with van der Waals surface area (Å²) in [5.41, 5.74) is 1.21. The number of nitrogens with one attached hydrogen (secondary N) is 2. The Labute approximate surface area is 195 Å². The summed E-state index contributed by atoms with van der Waals surface area (Å²) in [7, 11) is -3.19. The fourth-order valence-electron chi connectivity index (χ4n) is 3.86. The van der Waals surface area contributed by atoms with Gasteiger partial charge < -0.3 is 10.6 Å². The van der Waals surface area contributed by atoms with Gasteiger partial charge >= 0.3 is 0 Å². The van der Waals surface area contributed by atoms with Crippen LogP contribution in [0.4, 0.5) is 0 Å². The highest BCUT2D eigenvalue weighted by Gasteiger charge is 2.40. The van der Waals surface area contributed by atoms with Crippen LogP contribution < -0.4 is 10.6 Å². The van der Waals surface area contributed by atoms with Crippen molar-refractivity contribution in [2.75, 3.05) is 11.5 Å². The Bertz CT molecular complexity index is 1120. The van der Waals surface area contributed by atoms with E-state index in [1.807, 2.05) is 56.3 Å². The molecule has 0 saturated carbocycles. The Morgan fingerprint density at radius 1 is 1.00 bits per heavy atom. The molecule has 3 rings (SSSR count). The van der Waals surface area contributed by atoms with Crippen LogP contribution in [0, 0.1) is 17.2 Å². The molecule has 0 radical (unpaired) electrons. The molecule has 1 atom stereocenters. The van der Waals surface area contributed by atoms with Crippen LogP contribution in [0.1, 0.15) is 43.5 Å². The molecule has 2 N–H and O–H groups in total. The van der Waals surface area contributed by atoms with Gasteiger partial charge in [0, 0.05) is 5.56 Å². The number of nitriles is 1. The van der Waals surface area contributed by atoms with Crippen LogP contribution in [-0.4, -0.2) is 43.3 Å². The average molecular weight is 468 g/mol. The van der Waals surface area contributed by atoms with Gasteiger partial charge in [-0.2, -0.15) is 5.26 Å². The van der Waals surface area contributed by atoms with E-state index < -0.39 is 27.3 Å². The number of hydrogen-bond donors (Lipinski definition) is 2. The molecule has 2 amide bonds. The number of sulfone groups is 1. The predicted octanol–water partition coefficient (Wildman–Crippen LogP) is 3.09. The molecule has 0 aromatic heterocycles. The topological polar surface area (TPSA) is 116 Å². The lowest BCUT2D eigenvalue weighted by atomic mass is 9.92. The van der Waals surface area contributed by atoms with Crippen LogP contribution in [-0.2, 0) is 14.6 Å². The van der Waals surface area contributed by atoms with Gasteiger partial charge in [0.15, 0.2) is 9.84 Å². The lowest BCUT2D eigenvalue weighted by molar-refractivity contribution is -0.124. The minimum Gasteiger partial charge on any atom is -0.340 e. The van der Waals surface area contributed by atoms with Crippen molar-refractivity contribution in [1.29, 1.82) is 5.26 Å². The third-order valence-corrected chi connectivity index (χ3v) is 7.49. The minimum absolute atomic E-state index is 0.0425. The average Bonchev–Trinajstić information content (AvgIpc) is 2.80. The Morgan fingerprint density at radius 3 is 2.12 bits per heavy atom. The molecular weight excluding hydrogens is 438 g/mol. The van der Waals surface area contributed by atoms with E-state index >= 15 is 0 Å². The molecule has 0 bridgehead atoms. The maximum atomic E-state index is 13.1. The fourth-order valence-corrected chi connectivity index (χ4v) is 5.39. The fraction of sp³-hybridized carbons (Fsp3) is 0.400. The number of nitrogens with zero attached hydrogens (tertiary/aromatic N) is 1. The van der Waals surface area contributed by atoms with Gasteiger partial charge in [0.1, 0.15) is 11.6 Å². The zero-order valence-corrected chi connectivity index (χ0v) is 19.7. The van der Waals surface area contributed by atoms with E-state index in [0.717, 1.165) is 11.1 Å². The molecule has 0 spiro atoms. The Morgan fingerprint density at radius 2 is 1.58 bits per heavy atom. The van der Waals surface area contributed by atoms with Gasteiger partial charge in [-0.15, -0.1) is 0 Å². The first-order valence-corrected chi connectivity index (χ1v) is 12.9.